The second kappa shape index (κ2) is 6.02. The molecule has 4 nitrogen and oxygen atoms in total. The van der Waals surface area contributed by atoms with Crippen LogP contribution in [0.5, 0.6) is 5.75 Å². The van der Waals surface area contributed by atoms with Gasteiger partial charge in [-0.25, -0.2) is 4.98 Å². The number of anilines is 1. The first-order valence-corrected chi connectivity index (χ1v) is 5.74. The van der Waals surface area contributed by atoms with Crippen molar-refractivity contribution in [3.05, 3.63) is 42.6 Å². The summed E-state index contributed by atoms with van der Waals surface area (Å²) < 4.78 is 10.7. The van der Waals surface area contributed by atoms with Crippen molar-refractivity contribution in [2.24, 2.45) is 0 Å². The lowest BCUT2D eigenvalue weighted by molar-refractivity contribution is 0.146. The van der Waals surface area contributed by atoms with Crippen LogP contribution in [0.2, 0.25) is 0 Å². The molecule has 94 valence electrons. The number of nitrogens with zero attached hydrogens (tertiary/aromatic N) is 1. The zero-order valence-electron chi connectivity index (χ0n) is 10.3. The number of ether oxygens (including phenoxy) is 2. The number of hydrogen-bond acceptors (Lipinski definition) is 4. The molecular weight excluding hydrogens is 228 g/mol. The van der Waals surface area contributed by atoms with Gasteiger partial charge in [0.1, 0.15) is 18.2 Å². The predicted molar refractivity (Wildman–Crippen MR) is 71.5 cm³/mol. The zero-order valence-corrected chi connectivity index (χ0v) is 10.3. The van der Waals surface area contributed by atoms with Crippen molar-refractivity contribution in [2.75, 3.05) is 26.1 Å². The molecule has 18 heavy (non-hydrogen) atoms. The summed E-state index contributed by atoms with van der Waals surface area (Å²) in [5.41, 5.74) is 7.69. The summed E-state index contributed by atoms with van der Waals surface area (Å²) in [7, 11) is 1.65. The molecule has 0 spiro atoms. The highest BCUT2D eigenvalue weighted by atomic mass is 16.5. The third-order valence-electron chi connectivity index (χ3n) is 2.52. The van der Waals surface area contributed by atoms with E-state index in [1.165, 1.54) is 0 Å². The smallest absolute Gasteiger partial charge is 0.127 e. The first kappa shape index (κ1) is 12.4. The standard InChI is InChI=1S/C14H16N2O2/c1-17-8-9-18-13-5-3-2-4-12(13)11-6-7-16-14(15)10-11/h2-7,10H,8-9H2,1H3,(H2,15,16). The molecule has 1 heterocycles. The van der Waals surface area contributed by atoms with Gasteiger partial charge in [0.2, 0.25) is 0 Å². The maximum atomic E-state index is 5.70. The molecule has 0 amide bonds. The van der Waals surface area contributed by atoms with Gasteiger partial charge in [0.05, 0.1) is 6.61 Å². The summed E-state index contributed by atoms with van der Waals surface area (Å²) in [6, 6.07) is 11.6. The molecule has 2 aromatic rings. The van der Waals surface area contributed by atoms with Crippen LogP contribution in [0.25, 0.3) is 11.1 Å². The van der Waals surface area contributed by atoms with Crippen LogP contribution in [0.1, 0.15) is 0 Å². The number of hydrogen-bond donors (Lipinski definition) is 1. The van der Waals surface area contributed by atoms with Gasteiger partial charge in [0.25, 0.3) is 0 Å². The van der Waals surface area contributed by atoms with Gasteiger partial charge in [-0.1, -0.05) is 18.2 Å². The Balaban J connectivity index is 2.27. The van der Waals surface area contributed by atoms with E-state index in [4.69, 9.17) is 15.2 Å². The summed E-state index contributed by atoms with van der Waals surface area (Å²) >= 11 is 0. The quantitative estimate of drug-likeness (QED) is 0.820. The Morgan fingerprint density at radius 3 is 2.78 bits per heavy atom. The van der Waals surface area contributed by atoms with Crippen molar-refractivity contribution in [2.45, 2.75) is 0 Å². The zero-order chi connectivity index (χ0) is 12.8. The molecule has 0 aliphatic carbocycles. The highest BCUT2D eigenvalue weighted by Gasteiger charge is 2.06. The first-order valence-electron chi connectivity index (χ1n) is 5.74. The fraction of sp³-hybridized carbons (Fsp3) is 0.214. The molecule has 2 rings (SSSR count). The van der Waals surface area contributed by atoms with Crippen LogP contribution < -0.4 is 10.5 Å². The predicted octanol–water partition coefficient (Wildman–Crippen LogP) is 2.36. The summed E-state index contributed by atoms with van der Waals surface area (Å²) in [6.45, 7) is 1.08. The van der Waals surface area contributed by atoms with Crippen molar-refractivity contribution < 1.29 is 9.47 Å². The highest BCUT2D eigenvalue weighted by Crippen LogP contribution is 2.30. The molecule has 0 saturated carbocycles. The monoisotopic (exact) mass is 244 g/mol. The van der Waals surface area contributed by atoms with Crippen LogP contribution in [0.4, 0.5) is 5.82 Å². The van der Waals surface area contributed by atoms with Crippen LogP contribution in [0.3, 0.4) is 0 Å². The molecule has 0 saturated heterocycles. The number of benzene rings is 1. The topological polar surface area (TPSA) is 57.4 Å². The molecular formula is C14H16N2O2. The Hall–Kier alpha value is -2.07. The molecule has 0 aliphatic rings. The van der Waals surface area contributed by atoms with Crippen LogP contribution in [0.15, 0.2) is 42.6 Å². The largest absolute Gasteiger partial charge is 0.491 e. The van der Waals surface area contributed by atoms with Gasteiger partial charge in [0.15, 0.2) is 0 Å². The van der Waals surface area contributed by atoms with Crippen molar-refractivity contribution in [1.82, 2.24) is 4.98 Å². The first-order chi connectivity index (χ1) is 8.81. The molecule has 1 aromatic heterocycles. The second-order valence-electron chi connectivity index (χ2n) is 3.81. The third-order valence-corrected chi connectivity index (χ3v) is 2.52. The van der Waals surface area contributed by atoms with E-state index < -0.39 is 0 Å². The molecule has 0 bridgehead atoms. The molecule has 0 aliphatic heterocycles. The van der Waals surface area contributed by atoms with Gasteiger partial charge in [0, 0.05) is 18.9 Å². The molecule has 0 unspecified atom stereocenters. The van der Waals surface area contributed by atoms with Gasteiger partial charge in [-0.2, -0.15) is 0 Å². The van der Waals surface area contributed by atoms with Crippen LogP contribution in [0, 0.1) is 0 Å². The SMILES string of the molecule is COCCOc1ccccc1-c1ccnc(N)c1. The molecule has 0 radical (unpaired) electrons. The van der Waals surface area contributed by atoms with E-state index in [1.807, 2.05) is 36.4 Å². The second-order valence-corrected chi connectivity index (χ2v) is 3.81. The maximum absolute atomic E-state index is 5.70. The van der Waals surface area contributed by atoms with E-state index in [2.05, 4.69) is 4.98 Å². The fourth-order valence-electron chi connectivity index (χ4n) is 1.68. The van der Waals surface area contributed by atoms with E-state index in [0.29, 0.717) is 19.0 Å². The van der Waals surface area contributed by atoms with E-state index >= 15 is 0 Å². The summed E-state index contributed by atoms with van der Waals surface area (Å²) in [4.78, 5) is 3.99. The number of nitrogen functional groups attached to an aromatic ring is 1. The third kappa shape index (κ3) is 2.99. The minimum absolute atomic E-state index is 0.499. The summed E-state index contributed by atoms with van der Waals surface area (Å²) in [5, 5.41) is 0. The number of pyridine rings is 1. The number of methoxy groups -OCH3 is 1. The molecule has 0 fully saturated rings. The van der Waals surface area contributed by atoms with Crippen LogP contribution in [-0.2, 0) is 4.74 Å². The van der Waals surface area contributed by atoms with Crippen molar-refractivity contribution >= 4 is 5.82 Å². The van der Waals surface area contributed by atoms with E-state index in [0.717, 1.165) is 16.9 Å². The normalized spacial score (nSPS) is 10.3. The number of aromatic nitrogens is 1. The van der Waals surface area contributed by atoms with E-state index in [9.17, 15) is 0 Å². The van der Waals surface area contributed by atoms with E-state index in [-0.39, 0.29) is 0 Å². The molecule has 1 aromatic carbocycles. The highest BCUT2D eigenvalue weighted by molar-refractivity contribution is 5.71. The number of para-hydroxylation sites is 1. The van der Waals surface area contributed by atoms with Crippen LogP contribution in [-0.4, -0.2) is 25.3 Å². The Kier molecular flexibility index (Phi) is 4.15. The van der Waals surface area contributed by atoms with Crippen molar-refractivity contribution in [1.29, 1.82) is 0 Å². The minimum atomic E-state index is 0.499. The van der Waals surface area contributed by atoms with Gasteiger partial charge in [-0.3, -0.25) is 0 Å². The lowest BCUT2D eigenvalue weighted by Crippen LogP contribution is -2.05. The molecule has 2 N–H and O–H groups in total. The fourth-order valence-corrected chi connectivity index (χ4v) is 1.68. The van der Waals surface area contributed by atoms with E-state index in [1.54, 1.807) is 13.3 Å². The lowest BCUT2D eigenvalue weighted by Gasteiger charge is -2.11. The Morgan fingerprint density at radius 2 is 2.00 bits per heavy atom. The number of nitrogens with two attached hydrogens (primary N) is 1. The lowest BCUT2D eigenvalue weighted by atomic mass is 10.1. The molecule has 0 atom stereocenters. The van der Waals surface area contributed by atoms with Gasteiger partial charge in [-0.15, -0.1) is 0 Å². The van der Waals surface area contributed by atoms with Gasteiger partial charge >= 0.3 is 0 Å². The van der Waals surface area contributed by atoms with Crippen molar-refractivity contribution in [3.8, 4) is 16.9 Å². The van der Waals surface area contributed by atoms with Crippen molar-refractivity contribution in [3.63, 3.8) is 0 Å². The average Bonchev–Trinajstić information content (AvgIpc) is 2.40. The van der Waals surface area contributed by atoms with Gasteiger partial charge < -0.3 is 15.2 Å². The van der Waals surface area contributed by atoms with Gasteiger partial charge in [-0.05, 0) is 23.8 Å². The van der Waals surface area contributed by atoms with Crippen LogP contribution >= 0.6 is 0 Å². The minimum Gasteiger partial charge on any atom is -0.491 e. The maximum Gasteiger partial charge on any atom is 0.127 e. The molecule has 4 heteroatoms. The Labute approximate surface area is 106 Å². The average molecular weight is 244 g/mol. The summed E-state index contributed by atoms with van der Waals surface area (Å²) in [6.07, 6.45) is 1.69. The number of rotatable bonds is 5. The Morgan fingerprint density at radius 1 is 1.17 bits per heavy atom. The summed E-state index contributed by atoms with van der Waals surface area (Å²) in [5.74, 6) is 1.32. The Bertz CT molecular complexity index is 515.